The predicted molar refractivity (Wildman–Crippen MR) is 84.7 cm³/mol. The topological polar surface area (TPSA) is 32.5 Å². The summed E-state index contributed by atoms with van der Waals surface area (Å²) in [5.74, 6) is 0. The summed E-state index contributed by atoms with van der Waals surface area (Å²) in [7, 11) is 0. The molecule has 0 amide bonds. The molecule has 2 heterocycles. The molecule has 2 atom stereocenters. The van der Waals surface area contributed by atoms with E-state index in [1.165, 1.54) is 50.0 Å². The number of nitrogens with zero attached hydrogens (tertiary/aromatic N) is 2. The van der Waals surface area contributed by atoms with Crippen molar-refractivity contribution in [3.8, 4) is 0 Å². The van der Waals surface area contributed by atoms with Gasteiger partial charge in [-0.25, -0.2) is 0 Å². The van der Waals surface area contributed by atoms with E-state index < -0.39 is 0 Å². The lowest BCUT2D eigenvalue weighted by atomic mass is 9.96. The van der Waals surface area contributed by atoms with E-state index in [0.29, 0.717) is 6.04 Å². The third-order valence-corrected chi connectivity index (χ3v) is 4.99. The van der Waals surface area contributed by atoms with Crippen LogP contribution < -0.4 is 5.73 Å². The second-order valence-corrected chi connectivity index (χ2v) is 6.63. The lowest BCUT2D eigenvalue weighted by molar-refractivity contribution is 0.0112. The minimum Gasteiger partial charge on any atom is -0.398 e. The van der Waals surface area contributed by atoms with Crippen molar-refractivity contribution >= 4 is 5.69 Å². The summed E-state index contributed by atoms with van der Waals surface area (Å²) in [6, 6.07) is 7.79. The molecule has 110 valence electrons. The lowest BCUT2D eigenvalue weighted by Gasteiger charge is -2.47. The fourth-order valence-electron chi connectivity index (χ4n) is 3.72. The van der Waals surface area contributed by atoms with Crippen molar-refractivity contribution in [2.75, 3.05) is 25.4 Å². The Morgan fingerprint density at radius 3 is 2.95 bits per heavy atom. The Morgan fingerprint density at radius 2 is 2.10 bits per heavy atom. The number of anilines is 1. The first kappa shape index (κ1) is 13.9. The normalized spacial score (nSPS) is 28.3. The van der Waals surface area contributed by atoms with Crippen molar-refractivity contribution in [3.63, 3.8) is 0 Å². The Bertz CT molecular complexity index is 471. The quantitative estimate of drug-likeness (QED) is 0.841. The highest BCUT2D eigenvalue weighted by molar-refractivity contribution is 5.48. The van der Waals surface area contributed by atoms with E-state index in [9.17, 15) is 0 Å². The molecule has 2 saturated heterocycles. The van der Waals surface area contributed by atoms with Gasteiger partial charge in [0.2, 0.25) is 0 Å². The van der Waals surface area contributed by atoms with Crippen LogP contribution in [-0.4, -0.2) is 41.5 Å². The minimum atomic E-state index is 0.629. The van der Waals surface area contributed by atoms with Crippen molar-refractivity contribution in [1.29, 1.82) is 0 Å². The third kappa shape index (κ3) is 2.84. The number of nitrogen functional groups attached to an aromatic ring is 1. The maximum atomic E-state index is 6.15. The molecule has 2 aliphatic rings. The van der Waals surface area contributed by atoms with Gasteiger partial charge >= 0.3 is 0 Å². The van der Waals surface area contributed by atoms with Crippen LogP contribution in [0.1, 0.15) is 37.3 Å². The largest absolute Gasteiger partial charge is 0.398 e. The van der Waals surface area contributed by atoms with Gasteiger partial charge in [0.25, 0.3) is 0 Å². The highest BCUT2D eigenvalue weighted by atomic mass is 15.3. The van der Waals surface area contributed by atoms with Crippen molar-refractivity contribution < 1.29 is 0 Å². The second-order valence-electron chi connectivity index (χ2n) is 6.63. The van der Waals surface area contributed by atoms with Gasteiger partial charge in [-0.3, -0.25) is 9.80 Å². The van der Waals surface area contributed by atoms with E-state index in [2.05, 4.69) is 35.8 Å². The van der Waals surface area contributed by atoms with Crippen molar-refractivity contribution in [2.45, 2.75) is 51.7 Å². The van der Waals surface area contributed by atoms with Crippen LogP contribution in [-0.2, 0) is 6.54 Å². The van der Waals surface area contributed by atoms with Gasteiger partial charge in [-0.15, -0.1) is 0 Å². The van der Waals surface area contributed by atoms with Gasteiger partial charge in [-0.2, -0.15) is 0 Å². The second kappa shape index (κ2) is 5.74. The number of rotatable bonds is 2. The van der Waals surface area contributed by atoms with Gasteiger partial charge in [0.05, 0.1) is 0 Å². The van der Waals surface area contributed by atoms with E-state index >= 15 is 0 Å². The first-order valence-electron chi connectivity index (χ1n) is 7.96. The highest BCUT2D eigenvalue weighted by Crippen LogP contribution is 2.26. The Kier molecular flexibility index (Phi) is 3.99. The van der Waals surface area contributed by atoms with Crippen LogP contribution in [0.25, 0.3) is 0 Å². The Morgan fingerprint density at radius 1 is 1.25 bits per heavy atom. The van der Waals surface area contributed by atoms with Crippen molar-refractivity contribution in [3.05, 3.63) is 29.3 Å². The molecule has 3 rings (SSSR count). The van der Waals surface area contributed by atoms with Crippen molar-refractivity contribution in [2.24, 2.45) is 0 Å². The van der Waals surface area contributed by atoms with Gasteiger partial charge in [-0.05, 0) is 44.9 Å². The summed E-state index contributed by atoms with van der Waals surface area (Å²) in [6.45, 7) is 9.22. The molecule has 2 aliphatic heterocycles. The molecule has 0 spiro atoms. The van der Waals surface area contributed by atoms with Crippen LogP contribution in [0.15, 0.2) is 18.2 Å². The predicted octanol–water partition coefficient (Wildman–Crippen LogP) is 2.64. The fraction of sp³-hybridized carbons (Fsp3) is 0.647. The SMILES string of the molecule is Cc1ccc(N)c(CN2CC3CCCCN3CC2C)c1. The monoisotopic (exact) mass is 273 g/mol. The van der Waals surface area contributed by atoms with Crippen LogP contribution in [0.4, 0.5) is 5.69 Å². The number of benzene rings is 1. The molecule has 1 aromatic carbocycles. The van der Waals surface area contributed by atoms with Gasteiger partial charge in [0.1, 0.15) is 0 Å². The average Bonchev–Trinajstić information content (AvgIpc) is 2.43. The molecule has 2 fully saturated rings. The molecule has 0 radical (unpaired) electrons. The zero-order chi connectivity index (χ0) is 14.1. The standard InChI is InChI=1S/C17H27N3/c1-13-6-7-17(18)15(9-13)11-20-12-16-5-3-4-8-19(16)10-14(20)2/h6-7,9,14,16H,3-5,8,10-12,18H2,1-2H3. The molecular weight excluding hydrogens is 246 g/mol. The Hall–Kier alpha value is -1.06. The fourth-order valence-corrected chi connectivity index (χ4v) is 3.72. The Labute approximate surface area is 122 Å². The van der Waals surface area contributed by atoms with Crippen LogP contribution in [0, 0.1) is 6.92 Å². The van der Waals surface area contributed by atoms with E-state index in [4.69, 9.17) is 5.73 Å². The van der Waals surface area contributed by atoms with Crippen LogP contribution >= 0.6 is 0 Å². The number of hydrogen-bond donors (Lipinski definition) is 1. The maximum absolute atomic E-state index is 6.15. The lowest BCUT2D eigenvalue weighted by Crippen LogP contribution is -2.58. The molecule has 0 aromatic heterocycles. The maximum Gasteiger partial charge on any atom is 0.0359 e. The number of fused-ring (bicyclic) bond motifs is 1. The van der Waals surface area contributed by atoms with Gasteiger partial charge in [-0.1, -0.05) is 24.1 Å². The number of nitrogens with two attached hydrogens (primary N) is 1. The highest BCUT2D eigenvalue weighted by Gasteiger charge is 2.32. The molecule has 0 saturated carbocycles. The van der Waals surface area contributed by atoms with E-state index in [0.717, 1.165) is 18.3 Å². The zero-order valence-electron chi connectivity index (χ0n) is 12.8. The third-order valence-electron chi connectivity index (χ3n) is 4.99. The van der Waals surface area contributed by atoms with Gasteiger partial charge in [0, 0.05) is 37.4 Å². The average molecular weight is 273 g/mol. The smallest absolute Gasteiger partial charge is 0.0359 e. The molecule has 20 heavy (non-hydrogen) atoms. The summed E-state index contributed by atoms with van der Waals surface area (Å²) in [6.07, 6.45) is 4.15. The van der Waals surface area contributed by atoms with E-state index in [1.807, 2.05) is 6.07 Å². The van der Waals surface area contributed by atoms with Gasteiger partial charge in [0.15, 0.2) is 0 Å². The first-order chi connectivity index (χ1) is 9.63. The van der Waals surface area contributed by atoms with E-state index in [-0.39, 0.29) is 0 Å². The number of piperazine rings is 1. The molecule has 1 aromatic rings. The number of aryl methyl sites for hydroxylation is 1. The molecule has 0 aliphatic carbocycles. The van der Waals surface area contributed by atoms with Crippen LogP contribution in [0.3, 0.4) is 0 Å². The summed E-state index contributed by atoms with van der Waals surface area (Å²) < 4.78 is 0. The molecule has 2 N–H and O–H groups in total. The van der Waals surface area contributed by atoms with Crippen LogP contribution in [0.5, 0.6) is 0 Å². The molecule has 0 bridgehead atoms. The summed E-state index contributed by atoms with van der Waals surface area (Å²) in [4.78, 5) is 5.32. The van der Waals surface area contributed by atoms with E-state index in [1.54, 1.807) is 0 Å². The molecule has 3 heteroatoms. The van der Waals surface area contributed by atoms with Crippen molar-refractivity contribution in [1.82, 2.24) is 9.80 Å². The first-order valence-corrected chi connectivity index (χ1v) is 7.96. The van der Waals surface area contributed by atoms with Crippen LogP contribution in [0.2, 0.25) is 0 Å². The summed E-state index contributed by atoms with van der Waals surface area (Å²) in [5, 5.41) is 0. The van der Waals surface area contributed by atoms with Gasteiger partial charge < -0.3 is 5.73 Å². The zero-order valence-corrected chi connectivity index (χ0v) is 12.8. The summed E-state index contributed by atoms with van der Waals surface area (Å²) >= 11 is 0. The molecule has 2 unspecified atom stereocenters. The number of piperidine rings is 1. The summed E-state index contributed by atoms with van der Waals surface area (Å²) in [5.41, 5.74) is 9.68. The molecule has 3 nitrogen and oxygen atoms in total. The molecular formula is C17H27N3. The number of hydrogen-bond acceptors (Lipinski definition) is 3. The Balaban J connectivity index is 1.71. The minimum absolute atomic E-state index is 0.629.